The van der Waals surface area contributed by atoms with E-state index >= 15 is 0 Å². The summed E-state index contributed by atoms with van der Waals surface area (Å²) in [6.45, 7) is 4.33. The Kier molecular flexibility index (Phi) is 4.47. The van der Waals surface area contributed by atoms with E-state index in [1.54, 1.807) is 11.0 Å². The predicted molar refractivity (Wildman–Crippen MR) is 77.4 cm³/mol. The first-order valence-corrected chi connectivity index (χ1v) is 6.58. The van der Waals surface area contributed by atoms with Crippen molar-refractivity contribution in [3.05, 3.63) is 36.9 Å². The highest BCUT2D eigenvalue weighted by Crippen LogP contribution is 2.16. The van der Waals surface area contributed by atoms with E-state index in [2.05, 4.69) is 15.4 Å². The lowest BCUT2D eigenvalue weighted by molar-refractivity contribution is -0.120. The van der Waals surface area contributed by atoms with Gasteiger partial charge in [0.15, 0.2) is 0 Å². The van der Waals surface area contributed by atoms with Crippen molar-refractivity contribution in [2.45, 2.75) is 13.8 Å². The number of carbonyl (C=O) groups excluding carboxylic acids is 1. The molecule has 0 aliphatic rings. The summed E-state index contributed by atoms with van der Waals surface area (Å²) < 4.78 is 1.66. The zero-order chi connectivity index (χ0) is 14.5. The fraction of sp³-hybridized carbons (Fsp3) is 0.357. The Morgan fingerprint density at radius 2 is 2.05 bits per heavy atom. The van der Waals surface area contributed by atoms with Crippen LogP contribution in [-0.4, -0.2) is 27.2 Å². The van der Waals surface area contributed by atoms with Gasteiger partial charge < -0.3 is 11.1 Å². The van der Waals surface area contributed by atoms with E-state index in [9.17, 15) is 4.79 Å². The monoisotopic (exact) mass is 273 g/mol. The van der Waals surface area contributed by atoms with Gasteiger partial charge in [-0.15, -0.1) is 0 Å². The highest BCUT2D eigenvalue weighted by atomic mass is 16.1. The van der Waals surface area contributed by atoms with Crippen molar-refractivity contribution >= 4 is 11.6 Å². The fourth-order valence-electron chi connectivity index (χ4n) is 1.96. The number of amides is 1. The maximum Gasteiger partial charge on any atom is 0.229 e. The molecule has 1 atom stereocenters. The zero-order valence-corrected chi connectivity index (χ0v) is 11.7. The molecule has 2 aromatic rings. The summed E-state index contributed by atoms with van der Waals surface area (Å²) >= 11 is 0. The topological polar surface area (TPSA) is 85.8 Å². The van der Waals surface area contributed by atoms with Crippen LogP contribution in [0.15, 0.2) is 36.9 Å². The number of nitrogens with one attached hydrogen (secondary N) is 1. The van der Waals surface area contributed by atoms with E-state index in [1.807, 2.05) is 38.1 Å². The standard InChI is InChI=1S/C14H19N5O/c1-10(2)13(7-15)14(20)18-11-3-5-12(6-4-11)19-9-16-8-17-19/h3-6,8-10,13H,7,15H2,1-2H3,(H,18,20). The second-order valence-electron chi connectivity index (χ2n) is 4.96. The maximum atomic E-state index is 12.1. The first kappa shape index (κ1) is 14.2. The molecule has 0 bridgehead atoms. The number of benzene rings is 1. The molecule has 1 aromatic carbocycles. The summed E-state index contributed by atoms with van der Waals surface area (Å²) in [6, 6.07) is 7.42. The molecule has 6 nitrogen and oxygen atoms in total. The molecule has 20 heavy (non-hydrogen) atoms. The zero-order valence-electron chi connectivity index (χ0n) is 11.7. The second-order valence-corrected chi connectivity index (χ2v) is 4.96. The van der Waals surface area contributed by atoms with Crippen LogP contribution >= 0.6 is 0 Å². The first-order chi connectivity index (χ1) is 9.61. The van der Waals surface area contributed by atoms with Crippen molar-refractivity contribution in [2.24, 2.45) is 17.6 Å². The highest BCUT2D eigenvalue weighted by Gasteiger charge is 2.20. The summed E-state index contributed by atoms with van der Waals surface area (Å²) in [5.41, 5.74) is 7.27. The minimum absolute atomic E-state index is 0.0454. The van der Waals surface area contributed by atoms with Crippen molar-refractivity contribution in [1.29, 1.82) is 0 Å². The smallest absolute Gasteiger partial charge is 0.229 e. The average Bonchev–Trinajstić information content (AvgIpc) is 2.94. The number of hydrogen-bond donors (Lipinski definition) is 2. The van der Waals surface area contributed by atoms with Crippen molar-refractivity contribution < 1.29 is 4.79 Å². The van der Waals surface area contributed by atoms with E-state index in [4.69, 9.17) is 5.73 Å². The molecule has 3 N–H and O–H groups in total. The van der Waals surface area contributed by atoms with Crippen LogP contribution in [0.5, 0.6) is 0 Å². The SMILES string of the molecule is CC(C)C(CN)C(=O)Nc1ccc(-n2cncn2)cc1. The van der Waals surface area contributed by atoms with E-state index in [1.165, 1.54) is 6.33 Å². The third-order valence-electron chi connectivity index (χ3n) is 3.21. The Hall–Kier alpha value is -2.21. The molecule has 0 radical (unpaired) electrons. The van der Waals surface area contributed by atoms with Gasteiger partial charge in [-0.25, -0.2) is 9.67 Å². The van der Waals surface area contributed by atoms with Crippen molar-refractivity contribution in [3.63, 3.8) is 0 Å². The summed E-state index contributed by atoms with van der Waals surface area (Å²) in [7, 11) is 0. The lowest BCUT2D eigenvalue weighted by atomic mass is 9.95. The molecule has 0 saturated carbocycles. The van der Waals surface area contributed by atoms with E-state index in [0.29, 0.717) is 6.54 Å². The normalized spacial score (nSPS) is 12.4. The summed E-state index contributed by atoms with van der Waals surface area (Å²) in [6.07, 6.45) is 3.10. The molecule has 0 saturated heterocycles. The van der Waals surface area contributed by atoms with Crippen LogP contribution in [0.25, 0.3) is 5.69 Å². The van der Waals surface area contributed by atoms with Gasteiger partial charge in [-0.3, -0.25) is 4.79 Å². The quantitative estimate of drug-likeness (QED) is 0.863. The number of nitrogens with zero attached hydrogens (tertiary/aromatic N) is 3. The summed E-state index contributed by atoms with van der Waals surface area (Å²) in [5.74, 6) is -0.00424. The minimum Gasteiger partial charge on any atom is -0.330 e. The van der Waals surface area contributed by atoms with Crippen LogP contribution in [0.1, 0.15) is 13.8 Å². The molecule has 106 valence electrons. The van der Waals surface area contributed by atoms with Crippen molar-refractivity contribution in [1.82, 2.24) is 14.8 Å². The molecule has 1 aromatic heterocycles. The van der Waals surface area contributed by atoms with Gasteiger partial charge in [-0.05, 0) is 30.2 Å². The Morgan fingerprint density at radius 3 is 2.55 bits per heavy atom. The van der Waals surface area contributed by atoms with Crippen LogP contribution in [0.2, 0.25) is 0 Å². The molecule has 1 heterocycles. The molecule has 0 aliphatic carbocycles. The molecule has 0 aliphatic heterocycles. The Labute approximate surface area is 118 Å². The molecular weight excluding hydrogens is 254 g/mol. The molecular formula is C14H19N5O. The molecule has 0 spiro atoms. The predicted octanol–water partition coefficient (Wildman–Crippen LogP) is 1.44. The Balaban J connectivity index is 2.06. The van der Waals surface area contributed by atoms with Crippen molar-refractivity contribution in [2.75, 3.05) is 11.9 Å². The number of hydrogen-bond acceptors (Lipinski definition) is 4. The lowest BCUT2D eigenvalue weighted by Gasteiger charge is -2.18. The van der Waals surface area contributed by atoms with Crippen LogP contribution in [0.3, 0.4) is 0 Å². The molecule has 0 fully saturated rings. The first-order valence-electron chi connectivity index (χ1n) is 6.58. The minimum atomic E-state index is -0.176. The van der Waals surface area contributed by atoms with Gasteiger partial charge in [0.1, 0.15) is 12.7 Å². The maximum absolute atomic E-state index is 12.1. The second kappa shape index (κ2) is 6.29. The third-order valence-corrected chi connectivity index (χ3v) is 3.21. The molecule has 1 unspecified atom stereocenters. The van der Waals surface area contributed by atoms with Gasteiger partial charge >= 0.3 is 0 Å². The van der Waals surface area contributed by atoms with Crippen LogP contribution in [-0.2, 0) is 4.79 Å². The third kappa shape index (κ3) is 3.21. The van der Waals surface area contributed by atoms with Gasteiger partial charge in [-0.1, -0.05) is 13.8 Å². The average molecular weight is 273 g/mol. The summed E-state index contributed by atoms with van der Waals surface area (Å²) in [4.78, 5) is 16.0. The van der Waals surface area contributed by atoms with Gasteiger partial charge in [0.05, 0.1) is 11.6 Å². The molecule has 2 rings (SSSR count). The summed E-state index contributed by atoms with van der Waals surface area (Å²) in [5, 5.41) is 6.93. The van der Waals surface area contributed by atoms with Crippen molar-refractivity contribution in [3.8, 4) is 5.69 Å². The van der Waals surface area contributed by atoms with Gasteiger partial charge in [0.2, 0.25) is 5.91 Å². The van der Waals surface area contributed by atoms with E-state index < -0.39 is 0 Å². The Bertz CT molecular complexity index is 547. The molecule has 6 heteroatoms. The number of carbonyl (C=O) groups is 1. The molecule has 1 amide bonds. The van der Waals surface area contributed by atoms with Crippen LogP contribution < -0.4 is 11.1 Å². The van der Waals surface area contributed by atoms with Crippen LogP contribution in [0, 0.1) is 11.8 Å². The largest absolute Gasteiger partial charge is 0.330 e. The van der Waals surface area contributed by atoms with Crippen LogP contribution in [0.4, 0.5) is 5.69 Å². The highest BCUT2D eigenvalue weighted by molar-refractivity contribution is 5.92. The van der Waals surface area contributed by atoms with E-state index in [0.717, 1.165) is 11.4 Å². The van der Waals surface area contributed by atoms with Gasteiger partial charge in [0, 0.05) is 12.2 Å². The van der Waals surface area contributed by atoms with E-state index in [-0.39, 0.29) is 17.7 Å². The number of aromatic nitrogens is 3. The lowest BCUT2D eigenvalue weighted by Crippen LogP contribution is -2.33. The Morgan fingerprint density at radius 1 is 1.35 bits per heavy atom. The van der Waals surface area contributed by atoms with Gasteiger partial charge in [0.25, 0.3) is 0 Å². The van der Waals surface area contributed by atoms with Gasteiger partial charge in [-0.2, -0.15) is 5.10 Å². The number of rotatable bonds is 5. The number of anilines is 1. The fourth-order valence-corrected chi connectivity index (χ4v) is 1.96. The number of nitrogens with two attached hydrogens (primary N) is 1.